The quantitative estimate of drug-likeness (QED) is 0.912. The molecule has 0 saturated carbocycles. The monoisotopic (exact) mass is 305 g/mol. The van der Waals surface area contributed by atoms with Crippen LogP contribution in [0.4, 0.5) is 20.6 Å². The van der Waals surface area contributed by atoms with Gasteiger partial charge in [0, 0.05) is 38.6 Å². The second-order valence-electron chi connectivity index (χ2n) is 5.32. The summed E-state index contributed by atoms with van der Waals surface area (Å²) in [5.41, 5.74) is 2.17. The molecule has 0 aliphatic rings. The van der Waals surface area contributed by atoms with E-state index in [1.54, 1.807) is 30.2 Å². The predicted molar refractivity (Wildman–Crippen MR) is 84.5 cm³/mol. The van der Waals surface area contributed by atoms with Gasteiger partial charge in [0.2, 0.25) is 0 Å². The van der Waals surface area contributed by atoms with Crippen molar-refractivity contribution in [3.8, 4) is 0 Å². The molecule has 1 atom stereocenters. The Kier molecular flexibility index (Phi) is 4.65. The number of amides is 2. The van der Waals surface area contributed by atoms with E-state index in [0.717, 1.165) is 5.69 Å². The highest BCUT2D eigenvalue weighted by Crippen LogP contribution is 2.26. The fourth-order valence-electron chi connectivity index (χ4n) is 2.21. The summed E-state index contributed by atoms with van der Waals surface area (Å²) < 4.78 is 15.1. The number of benzene rings is 1. The second kappa shape index (κ2) is 6.46. The third-order valence-electron chi connectivity index (χ3n) is 3.25. The Morgan fingerprint density at radius 1 is 1.41 bits per heavy atom. The molecule has 0 aliphatic carbocycles. The van der Waals surface area contributed by atoms with Gasteiger partial charge in [-0.15, -0.1) is 0 Å². The van der Waals surface area contributed by atoms with E-state index in [2.05, 4.69) is 15.7 Å². The van der Waals surface area contributed by atoms with Crippen molar-refractivity contribution >= 4 is 17.4 Å². The number of carbonyl (C=O) groups is 1. The summed E-state index contributed by atoms with van der Waals surface area (Å²) >= 11 is 0. The lowest BCUT2D eigenvalue weighted by molar-refractivity contribution is 0.249. The van der Waals surface area contributed by atoms with E-state index in [-0.39, 0.29) is 17.9 Å². The SMILES string of the molecule is CC(NC(=O)Nc1cnn(C)c1)c1cc(F)ccc1N(C)C. The molecule has 2 rings (SSSR count). The highest BCUT2D eigenvalue weighted by Gasteiger charge is 2.15. The van der Waals surface area contributed by atoms with Gasteiger partial charge in [-0.25, -0.2) is 9.18 Å². The minimum absolute atomic E-state index is 0.332. The summed E-state index contributed by atoms with van der Waals surface area (Å²) in [5.74, 6) is -0.332. The van der Waals surface area contributed by atoms with E-state index in [9.17, 15) is 9.18 Å². The number of halogens is 1. The average Bonchev–Trinajstić information content (AvgIpc) is 2.83. The number of aromatic nitrogens is 2. The molecule has 118 valence electrons. The lowest BCUT2D eigenvalue weighted by Crippen LogP contribution is -2.32. The van der Waals surface area contributed by atoms with E-state index in [0.29, 0.717) is 11.3 Å². The van der Waals surface area contributed by atoms with Gasteiger partial charge in [0.15, 0.2) is 0 Å². The maximum absolute atomic E-state index is 13.5. The van der Waals surface area contributed by atoms with Gasteiger partial charge in [-0.1, -0.05) is 0 Å². The van der Waals surface area contributed by atoms with Gasteiger partial charge in [-0.3, -0.25) is 4.68 Å². The molecule has 1 aromatic carbocycles. The number of hydrogen-bond acceptors (Lipinski definition) is 3. The summed E-state index contributed by atoms with van der Waals surface area (Å²) in [4.78, 5) is 13.9. The molecule has 0 aliphatic heterocycles. The molecule has 0 radical (unpaired) electrons. The van der Waals surface area contributed by atoms with Crippen LogP contribution in [0.5, 0.6) is 0 Å². The number of nitrogens with one attached hydrogen (secondary N) is 2. The number of aryl methyl sites for hydroxylation is 1. The number of nitrogens with zero attached hydrogens (tertiary/aromatic N) is 3. The minimum Gasteiger partial charge on any atom is -0.377 e. The molecule has 0 fully saturated rings. The number of hydrogen-bond donors (Lipinski definition) is 2. The van der Waals surface area contributed by atoms with Crippen LogP contribution >= 0.6 is 0 Å². The van der Waals surface area contributed by atoms with Gasteiger partial charge < -0.3 is 15.5 Å². The maximum atomic E-state index is 13.5. The molecule has 1 unspecified atom stereocenters. The van der Waals surface area contributed by atoms with E-state index >= 15 is 0 Å². The maximum Gasteiger partial charge on any atom is 0.319 e. The van der Waals surface area contributed by atoms with Crippen LogP contribution in [0.1, 0.15) is 18.5 Å². The van der Waals surface area contributed by atoms with Gasteiger partial charge in [0.25, 0.3) is 0 Å². The molecule has 0 spiro atoms. The summed E-state index contributed by atoms with van der Waals surface area (Å²) in [6.45, 7) is 1.81. The van der Waals surface area contributed by atoms with Crippen LogP contribution in [-0.4, -0.2) is 29.9 Å². The van der Waals surface area contributed by atoms with Crippen LogP contribution < -0.4 is 15.5 Å². The van der Waals surface area contributed by atoms with E-state index < -0.39 is 0 Å². The zero-order chi connectivity index (χ0) is 16.3. The molecule has 2 N–H and O–H groups in total. The van der Waals surface area contributed by atoms with Gasteiger partial charge in [-0.05, 0) is 25.1 Å². The first-order valence-corrected chi connectivity index (χ1v) is 6.89. The summed E-state index contributed by atoms with van der Waals surface area (Å²) in [6, 6.07) is 3.83. The van der Waals surface area contributed by atoms with Crippen molar-refractivity contribution in [3.05, 3.63) is 42.0 Å². The normalized spacial score (nSPS) is 11.9. The Bertz CT molecular complexity index is 668. The Morgan fingerprint density at radius 3 is 2.73 bits per heavy atom. The lowest BCUT2D eigenvalue weighted by Gasteiger charge is -2.22. The van der Waals surface area contributed by atoms with E-state index in [1.807, 2.05) is 25.9 Å². The van der Waals surface area contributed by atoms with Crippen molar-refractivity contribution in [2.24, 2.45) is 7.05 Å². The van der Waals surface area contributed by atoms with Crippen LogP contribution in [0, 0.1) is 5.82 Å². The Hall–Kier alpha value is -2.57. The number of urea groups is 1. The van der Waals surface area contributed by atoms with Crippen molar-refractivity contribution in [1.82, 2.24) is 15.1 Å². The van der Waals surface area contributed by atoms with Gasteiger partial charge in [0.05, 0.1) is 17.9 Å². The number of anilines is 2. The molecule has 1 aromatic heterocycles. The van der Waals surface area contributed by atoms with Crippen molar-refractivity contribution in [1.29, 1.82) is 0 Å². The first-order chi connectivity index (χ1) is 10.4. The van der Waals surface area contributed by atoms with Crippen LogP contribution in [0.25, 0.3) is 0 Å². The standard InChI is InChI=1S/C15H20FN5O/c1-10(13-7-11(16)5-6-14(13)20(2)3)18-15(22)19-12-8-17-21(4)9-12/h5-10H,1-4H3,(H2,18,19,22). The third-order valence-corrected chi connectivity index (χ3v) is 3.25. The fraction of sp³-hybridized carbons (Fsp3) is 0.333. The highest BCUT2D eigenvalue weighted by molar-refractivity contribution is 5.89. The third kappa shape index (κ3) is 3.75. The van der Waals surface area contributed by atoms with Crippen molar-refractivity contribution in [3.63, 3.8) is 0 Å². The molecule has 2 aromatic rings. The highest BCUT2D eigenvalue weighted by atomic mass is 19.1. The molecular formula is C15H20FN5O. The molecule has 0 saturated heterocycles. The minimum atomic E-state index is -0.366. The van der Waals surface area contributed by atoms with Crippen LogP contribution in [0.15, 0.2) is 30.6 Å². The fourth-order valence-corrected chi connectivity index (χ4v) is 2.21. The molecule has 22 heavy (non-hydrogen) atoms. The van der Waals surface area contributed by atoms with Crippen LogP contribution in [-0.2, 0) is 7.05 Å². The number of carbonyl (C=O) groups excluding carboxylic acids is 1. The summed E-state index contributed by atoms with van der Waals surface area (Å²) in [6.07, 6.45) is 3.25. The number of rotatable bonds is 4. The van der Waals surface area contributed by atoms with Gasteiger partial charge >= 0.3 is 6.03 Å². The molecule has 2 amide bonds. The lowest BCUT2D eigenvalue weighted by atomic mass is 10.1. The van der Waals surface area contributed by atoms with E-state index in [4.69, 9.17) is 0 Å². The molecule has 1 heterocycles. The van der Waals surface area contributed by atoms with Crippen molar-refractivity contribution in [2.45, 2.75) is 13.0 Å². The predicted octanol–water partition coefficient (Wildman–Crippen LogP) is 2.51. The topological polar surface area (TPSA) is 62.2 Å². The zero-order valence-corrected chi connectivity index (χ0v) is 13.1. The first-order valence-electron chi connectivity index (χ1n) is 6.89. The molecule has 0 bridgehead atoms. The van der Waals surface area contributed by atoms with Crippen LogP contribution in [0.2, 0.25) is 0 Å². The largest absolute Gasteiger partial charge is 0.377 e. The Labute approximate surface area is 128 Å². The average molecular weight is 305 g/mol. The molecule has 6 nitrogen and oxygen atoms in total. The smallest absolute Gasteiger partial charge is 0.319 e. The van der Waals surface area contributed by atoms with Crippen molar-refractivity contribution in [2.75, 3.05) is 24.3 Å². The van der Waals surface area contributed by atoms with Gasteiger partial charge in [-0.2, -0.15) is 5.10 Å². The van der Waals surface area contributed by atoms with Crippen LogP contribution in [0.3, 0.4) is 0 Å². The zero-order valence-electron chi connectivity index (χ0n) is 13.1. The Balaban J connectivity index is 2.09. The molecular weight excluding hydrogens is 285 g/mol. The second-order valence-corrected chi connectivity index (χ2v) is 5.32. The summed E-state index contributed by atoms with van der Waals surface area (Å²) in [7, 11) is 5.51. The van der Waals surface area contributed by atoms with E-state index in [1.165, 1.54) is 12.1 Å². The van der Waals surface area contributed by atoms with Gasteiger partial charge in [0.1, 0.15) is 5.82 Å². The molecule has 7 heteroatoms. The Morgan fingerprint density at radius 2 is 2.14 bits per heavy atom. The first kappa shape index (κ1) is 15.8. The summed E-state index contributed by atoms with van der Waals surface area (Å²) in [5, 5.41) is 9.46. The van der Waals surface area contributed by atoms with Crippen molar-refractivity contribution < 1.29 is 9.18 Å².